The van der Waals surface area contributed by atoms with Crippen molar-refractivity contribution in [3.63, 3.8) is 0 Å². The van der Waals surface area contributed by atoms with Gasteiger partial charge in [0.05, 0.1) is 5.69 Å². The Kier molecular flexibility index (Phi) is 3.59. The van der Waals surface area contributed by atoms with Gasteiger partial charge in [-0.2, -0.15) is 0 Å². The summed E-state index contributed by atoms with van der Waals surface area (Å²) in [5, 5.41) is 3.33. The summed E-state index contributed by atoms with van der Waals surface area (Å²) in [6.45, 7) is 0.275. The van der Waals surface area contributed by atoms with Gasteiger partial charge in [-0.3, -0.25) is 0 Å². The summed E-state index contributed by atoms with van der Waals surface area (Å²) < 4.78 is 26.3. The third-order valence-electron chi connectivity index (χ3n) is 2.35. The van der Waals surface area contributed by atoms with Crippen LogP contribution in [0.5, 0.6) is 0 Å². The lowest BCUT2D eigenvalue weighted by molar-refractivity contribution is 0.625. The molecule has 0 spiro atoms. The normalized spacial score (nSPS) is 10.3. The number of halogens is 3. The van der Waals surface area contributed by atoms with Gasteiger partial charge in [0, 0.05) is 11.6 Å². The van der Waals surface area contributed by atoms with Gasteiger partial charge in [0.2, 0.25) is 0 Å². The summed E-state index contributed by atoms with van der Waals surface area (Å²) in [5.41, 5.74) is 0.961. The fraction of sp³-hybridized carbons (Fsp3) is 0.0769. The number of anilines is 1. The van der Waals surface area contributed by atoms with Crippen molar-refractivity contribution in [1.29, 1.82) is 0 Å². The van der Waals surface area contributed by atoms with Crippen molar-refractivity contribution in [3.8, 4) is 0 Å². The maximum Gasteiger partial charge on any atom is 0.146 e. The topological polar surface area (TPSA) is 12.0 Å². The van der Waals surface area contributed by atoms with Crippen LogP contribution < -0.4 is 5.32 Å². The SMILES string of the molecule is Fc1ccc(Cl)c(CNc2ccccc2F)c1. The number of hydrogen-bond acceptors (Lipinski definition) is 1. The molecule has 4 heteroatoms. The summed E-state index contributed by atoms with van der Waals surface area (Å²) >= 11 is 5.90. The molecule has 0 aliphatic heterocycles. The molecule has 0 saturated carbocycles. The third-order valence-corrected chi connectivity index (χ3v) is 2.72. The van der Waals surface area contributed by atoms with Crippen molar-refractivity contribution in [3.05, 3.63) is 64.7 Å². The number of rotatable bonds is 3. The van der Waals surface area contributed by atoms with Crippen molar-refractivity contribution >= 4 is 17.3 Å². The highest BCUT2D eigenvalue weighted by molar-refractivity contribution is 6.31. The Morgan fingerprint density at radius 3 is 2.59 bits per heavy atom. The van der Waals surface area contributed by atoms with Gasteiger partial charge in [0.25, 0.3) is 0 Å². The van der Waals surface area contributed by atoms with Crippen LogP contribution in [0.1, 0.15) is 5.56 Å². The van der Waals surface area contributed by atoms with Crippen molar-refractivity contribution in [2.75, 3.05) is 5.32 Å². The fourth-order valence-corrected chi connectivity index (χ4v) is 1.66. The Labute approximate surface area is 103 Å². The van der Waals surface area contributed by atoms with E-state index in [0.717, 1.165) is 0 Å². The van der Waals surface area contributed by atoms with Gasteiger partial charge >= 0.3 is 0 Å². The van der Waals surface area contributed by atoms with Crippen LogP contribution >= 0.6 is 11.6 Å². The van der Waals surface area contributed by atoms with Crippen molar-refractivity contribution in [2.24, 2.45) is 0 Å². The predicted molar refractivity (Wildman–Crippen MR) is 65.1 cm³/mol. The molecule has 2 aromatic rings. The Balaban J connectivity index is 2.12. The molecule has 0 aliphatic carbocycles. The van der Waals surface area contributed by atoms with E-state index in [1.807, 2.05) is 0 Å². The van der Waals surface area contributed by atoms with Crippen LogP contribution in [0.4, 0.5) is 14.5 Å². The highest BCUT2D eigenvalue weighted by Crippen LogP contribution is 2.19. The summed E-state index contributed by atoms with van der Waals surface area (Å²) in [4.78, 5) is 0. The molecule has 2 aromatic carbocycles. The van der Waals surface area contributed by atoms with Gasteiger partial charge in [0.1, 0.15) is 11.6 Å². The molecule has 17 heavy (non-hydrogen) atoms. The van der Waals surface area contributed by atoms with Crippen LogP contribution in [0.25, 0.3) is 0 Å². The van der Waals surface area contributed by atoms with E-state index >= 15 is 0 Å². The first-order valence-corrected chi connectivity index (χ1v) is 5.47. The second-order valence-electron chi connectivity index (χ2n) is 3.57. The average molecular weight is 254 g/mol. The molecule has 1 nitrogen and oxygen atoms in total. The third kappa shape index (κ3) is 2.94. The summed E-state index contributed by atoms with van der Waals surface area (Å²) in [6.07, 6.45) is 0. The van der Waals surface area contributed by atoms with E-state index in [2.05, 4.69) is 5.32 Å². The molecule has 0 atom stereocenters. The Morgan fingerprint density at radius 1 is 1.06 bits per heavy atom. The minimum atomic E-state index is -0.361. The molecule has 0 saturated heterocycles. The first kappa shape index (κ1) is 11.9. The number of hydrogen-bond donors (Lipinski definition) is 1. The Bertz CT molecular complexity index is 529. The molecule has 0 aromatic heterocycles. The summed E-state index contributed by atoms with van der Waals surface area (Å²) in [5.74, 6) is -0.709. The molecule has 0 amide bonds. The summed E-state index contributed by atoms with van der Waals surface area (Å²) in [6, 6.07) is 10.4. The maximum atomic E-state index is 13.3. The zero-order chi connectivity index (χ0) is 12.3. The first-order valence-electron chi connectivity index (χ1n) is 5.09. The molecule has 0 aliphatic rings. The Hall–Kier alpha value is -1.61. The van der Waals surface area contributed by atoms with Gasteiger partial charge in [0.15, 0.2) is 0 Å². The molecule has 0 heterocycles. The van der Waals surface area contributed by atoms with Crippen LogP contribution in [-0.2, 0) is 6.54 Å². The predicted octanol–water partition coefficient (Wildman–Crippen LogP) is 4.23. The molecule has 88 valence electrons. The first-order chi connectivity index (χ1) is 8.16. The molecule has 0 radical (unpaired) electrons. The number of nitrogens with one attached hydrogen (secondary N) is 1. The number of para-hydroxylation sites is 1. The second-order valence-corrected chi connectivity index (χ2v) is 3.98. The lowest BCUT2D eigenvalue weighted by Gasteiger charge is -2.08. The molecular weight excluding hydrogens is 244 g/mol. The smallest absolute Gasteiger partial charge is 0.146 e. The van der Waals surface area contributed by atoms with Crippen molar-refractivity contribution in [1.82, 2.24) is 0 Å². The molecule has 0 bridgehead atoms. The van der Waals surface area contributed by atoms with Gasteiger partial charge in [-0.15, -0.1) is 0 Å². The number of benzene rings is 2. The van der Waals surface area contributed by atoms with E-state index in [9.17, 15) is 8.78 Å². The monoisotopic (exact) mass is 253 g/mol. The molecule has 0 fully saturated rings. The van der Waals surface area contributed by atoms with Crippen LogP contribution in [0, 0.1) is 11.6 Å². The van der Waals surface area contributed by atoms with E-state index < -0.39 is 0 Å². The minimum Gasteiger partial charge on any atom is -0.379 e. The molecule has 2 rings (SSSR count). The van der Waals surface area contributed by atoms with Crippen LogP contribution in [0.2, 0.25) is 5.02 Å². The molecule has 1 N–H and O–H groups in total. The zero-order valence-electron chi connectivity index (χ0n) is 8.88. The lowest BCUT2D eigenvalue weighted by atomic mass is 10.2. The molecular formula is C13H10ClF2N. The maximum absolute atomic E-state index is 13.3. The second kappa shape index (κ2) is 5.15. The van der Waals surface area contributed by atoms with E-state index in [-0.39, 0.29) is 18.2 Å². The average Bonchev–Trinajstić information content (AvgIpc) is 2.32. The Morgan fingerprint density at radius 2 is 1.82 bits per heavy atom. The van der Waals surface area contributed by atoms with Crippen molar-refractivity contribution < 1.29 is 8.78 Å². The summed E-state index contributed by atoms with van der Waals surface area (Å²) in [7, 11) is 0. The van der Waals surface area contributed by atoms with E-state index in [1.54, 1.807) is 18.2 Å². The standard InChI is InChI=1S/C13H10ClF2N/c14-11-6-5-10(15)7-9(11)8-17-13-4-2-1-3-12(13)16/h1-7,17H,8H2. The van der Waals surface area contributed by atoms with E-state index in [0.29, 0.717) is 16.3 Å². The van der Waals surface area contributed by atoms with Gasteiger partial charge in [-0.05, 0) is 35.9 Å². The highest BCUT2D eigenvalue weighted by atomic mass is 35.5. The minimum absolute atomic E-state index is 0.275. The quantitative estimate of drug-likeness (QED) is 0.863. The molecule has 0 unspecified atom stereocenters. The highest BCUT2D eigenvalue weighted by Gasteiger charge is 2.04. The van der Waals surface area contributed by atoms with Crippen molar-refractivity contribution in [2.45, 2.75) is 6.54 Å². The van der Waals surface area contributed by atoms with E-state index in [1.165, 1.54) is 24.3 Å². The van der Waals surface area contributed by atoms with Gasteiger partial charge in [-0.1, -0.05) is 23.7 Å². The fourth-order valence-electron chi connectivity index (χ4n) is 1.47. The van der Waals surface area contributed by atoms with Crippen LogP contribution in [0.15, 0.2) is 42.5 Å². The largest absolute Gasteiger partial charge is 0.379 e. The zero-order valence-corrected chi connectivity index (χ0v) is 9.64. The van der Waals surface area contributed by atoms with Gasteiger partial charge < -0.3 is 5.32 Å². The van der Waals surface area contributed by atoms with Crippen LogP contribution in [-0.4, -0.2) is 0 Å². The lowest BCUT2D eigenvalue weighted by Crippen LogP contribution is -2.02. The van der Waals surface area contributed by atoms with Crippen LogP contribution in [0.3, 0.4) is 0 Å². The van der Waals surface area contributed by atoms with E-state index in [4.69, 9.17) is 11.6 Å². The van der Waals surface area contributed by atoms with Gasteiger partial charge in [-0.25, -0.2) is 8.78 Å².